The summed E-state index contributed by atoms with van der Waals surface area (Å²) >= 11 is 0. The van der Waals surface area contributed by atoms with Crippen molar-refractivity contribution in [3.8, 4) is 0 Å². The molecule has 0 aliphatic carbocycles. The van der Waals surface area contributed by atoms with Gasteiger partial charge in [-0.15, -0.1) is 10.2 Å². The summed E-state index contributed by atoms with van der Waals surface area (Å²) < 4.78 is 13.2. The highest BCUT2D eigenvalue weighted by molar-refractivity contribution is 6.02. The second kappa shape index (κ2) is 5.40. The number of nitrogens with one attached hydrogen (secondary N) is 2. The van der Waals surface area contributed by atoms with Crippen LogP contribution in [0.2, 0.25) is 0 Å². The maximum atomic E-state index is 13.2. The van der Waals surface area contributed by atoms with E-state index in [1.807, 2.05) is 0 Å². The number of hydrogen-bond acceptors (Lipinski definition) is 5. The van der Waals surface area contributed by atoms with E-state index in [-0.39, 0.29) is 5.69 Å². The molecule has 0 radical (unpaired) electrons. The molecule has 1 heterocycles. The van der Waals surface area contributed by atoms with Crippen LogP contribution in [-0.2, 0) is 0 Å². The lowest BCUT2D eigenvalue weighted by atomic mass is 10.2. The van der Waals surface area contributed by atoms with Crippen LogP contribution in [0.5, 0.6) is 0 Å². The Morgan fingerprint density at radius 3 is 2.63 bits per heavy atom. The van der Waals surface area contributed by atoms with Crippen LogP contribution >= 0.6 is 0 Å². The van der Waals surface area contributed by atoms with E-state index in [4.69, 9.17) is 5.84 Å². The van der Waals surface area contributed by atoms with E-state index in [2.05, 4.69) is 20.9 Å². The molecular weight excluding hydrogens is 249 g/mol. The molecular formula is C12H12FN5O. The number of nitrogens with zero attached hydrogens (tertiary/aromatic N) is 2. The number of rotatable bonds is 3. The summed E-state index contributed by atoms with van der Waals surface area (Å²) in [6.45, 7) is 1.74. The average Bonchev–Trinajstić information content (AvgIpc) is 2.37. The smallest absolute Gasteiger partial charge is 0.276 e. The minimum absolute atomic E-state index is 0.112. The summed E-state index contributed by atoms with van der Waals surface area (Å²) in [4.78, 5) is 11.8. The number of anilines is 2. The molecule has 2 aromatic rings. The minimum atomic E-state index is -0.471. The van der Waals surface area contributed by atoms with Crippen molar-refractivity contribution in [2.24, 2.45) is 5.84 Å². The lowest BCUT2D eigenvalue weighted by Crippen LogP contribution is -2.16. The Labute approximate surface area is 108 Å². The van der Waals surface area contributed by atoms with Crippen LogP contribution in [0, 0.1) is 12.7 Å². The number of aromatic nitrogens is 2. The Bertz CT molecular complexity index is 579. The number of hydrazine groups is 1. The first-order chi connectivity index (χ1) is 9.08. The van der Waals surface area contributed by atoms with Gasteiger partial charge in [-0.2, -0.15) is 0 Å². The molecule has 1 amide bonds. The van der Waals surface area contributed by atoms with E-state index >= 15 is 0 Å². The maximum absolute atomic E-state index is 13.2. The topological polar surface area (TPSA) is 92.9 Å². The third kappa shape index (κ3) is 3.23. The molecule has 0 unspecified atom stereocenters. The molecule has 0 aliphatic heterocycles. The first-order valence-electron chi connectivity index (χ1n) is 5.47. The molecule has 0 aliphatic rings. The summed E-state index contributed by atoms with van der Waals surface area (Å²) in [7, 11) is 0. The normalized spacial score (nSPS) is 10.1. The van der Waals surface area contributed by atoms with Crippen LogP contribution in [0.25, 0.3) is 0 Å². The molecule has 0 fully saturated rings. The largest absolute Gasteiger partial charge is 0.320 e. The van der Waals surface area contributed by atoms with Gasteiger partial charge in [-0.1, -0.05) is 0 Å². The molecule has 98 valence electrons. The fraction of sp³-hybridized carbons (Fsp3) is 0.0833. The third-order valence-electron chi connectivity index (χ3n) is 2.35. The first-order valence-corrected chi connectivity index (χ1v) is 5.47. The molecule has 0 atom stereocenters. The number of nitrogen functional groups attached to an aromatic ring is 1. The van der Waals surface area contributed by atoms with Crippen molar-refractivity contribution >= 4 is 17.4 Å². The van der Waals surface area contributed by atoms with Gasteiger partial charge in [-0.25, -0.2) is 10.2 Å². The second-order valence-electron chi connectivity index (χ2n) is 3.92. The monoisotopic (exact) mass is 261 g/mol. The van der Waals surface area contributed by atoms with E-state index in [1.54, 1.807) is 13.0 Å². The number of hydrogen-bond donors (Lipinski definition) is 3. The van der Waals surface area contributed by atoms with Gasteiger partial charge in [0.15, 0.2) is 11.5 Å². The van der Waals surface area contributed by atoms with Crippen LogP contribution in [0.3, 0.4) is 0 Å². The first kappa shape index (κ1) is 12.9. The number of aryl methyl sites for hydroxylation is 1. The number of carbonyl (C=O) groups excluding carboxylic acids is 1. The molecule has 0 saturated carbocycles. The summed E-state index contributed by atoms with van der Waals surface area (Å²) in [6, 6.07) is 7.23. The fourth-order valence-corrected chi connectivity index (χ4v) is 1.53. The average molecular weight is 261 g/mol. The van der Waals surface area contributed by atoms with Crippen molar-refractivity contribution in [3.05, 3.63) is 47.4 Å². The van der Waals surface area contributed by atoms with Crippen molar-refractivity contribution in [2.75, 3.05) is 10.7 Å². The zero-order valence-electron chi connectivity index (χ0n) is 10.1. The number of carbonyl (C=O) groups is 1. The van der Waals surface area contributed by atoms with Crippen molar-refractivity contribution in [2.45, 2.75) is 6.92 Å². The van der Waals surface area contributed by atoms with Crippen molar-refractivity contribution in [1.29, 1.82) is 0 Å². The summed E-state index contributed by atoms with van der Waals surface area (Å²) in [6.07, 6.45) is 0. The molecule has 19 heavy (non-hydrogen) atoms. The van der Waals surface area contributed by atoms with Gasteiger partial charge in [0.25, 0.3) is 5.91 Å². The molecule has 7 heteroatoms. The molecule has 1 aromatic carbocycles. The number of benzene rings is 1. The molecule has 6 nitrogen and oxygen atoms in total. The van der Waals surface area contributed by atoms with E-state index < -0.39 is 11.7 Å². The van der Waals surface area contributed by atoms with Crippen LogP contribution in [-0.4, -0.2) is 16.1 Å². The van der Waals surface area contributed by atoms with Gasteiger partial charge in [0.05, 0.1) is 0 Å². The van der Waals surface area contributed by atoms with Crippen molar-refractivity contribution in [1.82, 2.24) is 10.2 Å². The Morgan fingerprint density at radius 1 is 1.26 bits per heavy atom. The Balaban J connectivity index is 2.15. The molecule has 0 saturated heterocycles. The highest BCUT2D eigenvalue weighted by Gasteiger charge is 2.09. The van der Waals surface area contributed by atoms with Gasteiger partial charge in [-0.05, 0) is 42.8 Å². The van der Waals surface area contributed by atoms with Gasteiger partial charge >= 0.3 is 0 Å². The zero-order valence-corrected chi connectivity index (χ0v) is 10.1. The van der Waals surface area contributed by atoms with E-state index in [0.717, 1.165) is 0 Å². The Kier molecular flexibility index (Phi) is 3.67. The lowest BCUT2D eigenvalue weighted by Gasteiger charge is -2.06. The highest BCUT2D eigenvalue weighted by atomic mass is 19.1. The highest BCUT2D eigenvalue weighted by Crippen LogP contribution is 2.14. The SMILES string of the molecule is Cc1cc(F)cc(NC(=O)c2ccc(NN)nn2)c1. The zero-order chi connectivity index (χ0) is 13.8. The van der Waals surface area contributed by atoms with Crippen molar-refractivity contribution in [3.63, 3.8) is 0 Å². The second-order valence-corrected chi connectivity index (χ2v) is 3.92. The molecule has 0 spiro atoms. The van der Waals surface area contributed by atoms with E-state index in [0.29, 0.717) is 17.1 Å². The Morgan fingerprint density at radius 2 is 2.05 bits per heavy atom. The van der Waals surface area contributed by atoms with Gasteiger partial charge in [-0.3, -0.25) is 4.79 Å². The predicted molar refractivity (Wildman–Crippen MR) is 68.9 cm³/mol. The van der Waals surface area contributed by atoms with Crippen LogP contribution < -0.4 is 16.6 Å². The number of nitrogens with two attached hydrogens (primary N) is 1. The van der Waals surface area contributed by atoms with E-state index in [1.165, 1.54) is 24.3 Å². The number of halogens is 1. The van der Waals surface area contributed by atoms with Gasteiger partial charge in [0, 0.05) is 5.69 Å². The fourth-order valence-electron chi connectivity index (χ4n) is 1.53. The van der Waals surface area contributed by atoms with Crippen LogP contribution in [0.1, 0.15) is 16.1 Å². The van der Waals surface area contributed by atoms with Gasteiger partial charge in [0.2, 0.25) is 0 Å². The number of amides is 1. The quantitative estimate of drug-likeness (QED) is 0.574. The lowest BCUT2D eigenvalue weighted by molar-refractivity contribution is 0.102. The predicted octanol–water partition coefficient (Wildman–Crippen LogP) is 1.46. The van der Waals surface area contributed by atoms with Crippen LogP contribution in [0.15, 0.2) is 30.3 Å². The van der Waals surface area contributed by atoms with Gasteiger partial charge < -0.3 is 10.7 Å². The molecule has 0 bridgehead atoms. The summed E-state index contributed by atoms with van der Waals surface area (Å²) in [5, 5.41) is 9.91. The summed E-state index contributed by atoms with van der Waals surface area (Å²) in [5.74, 6) is 4.60. The molecule has 4 N–H and O–H groups in total. The maximum Gasteiger partial charge on any atom is 0.276 e. The standard InChI is InChI=1S/C12H12FN5O/c1-7-4-8(13)6-9(5-7)15-12(19)10-2-3-11(16-14)18-17-10/h2-6H,14H2,1H3,(H,15,19)(H,16,18). The van der Waals surface area contributed by atoms with Gasteiger partial charge in [0.1, 0.15) is 5.82 Å². The minimum Gasteiger partial charge on any atom is -0.320 e. The summed E-state index contributed by atoms with van der Waals surface area (Å²) in [5.41, 5.74) is 3.49. The molecule has 1 aromatic heterocycles. The van der Waals surface area contributed by atoms with E-state index in [9.17, 15) is 9.18 Å². The van der Waals surface area contributed by atoms with Crippen molar-refractivity contribution < 1.29 is 9.18 Å². The van der Waals surface area contributed by atoms with Crippen LogP contribution in [0.4, 0.5) is 15.9 Å². The molecule has 2 rings (SSSR count). The Hall–Kier alpha value is -2.54. The third-order valence-corrected chi connectivity index (χ3v) is 2.35.